The summed E-state index contributed by atoms with van der Waals surface area (Å²) < 4.78 is 5.35. The molecule has 3 atom stereocenters. The number of amides is 1. The quantitative estimate of drug-likeness (QED) is 0.902. The molecule has 2 saturated heterocycles. The number of allylic oxidation sites excluding steroid dienone is 3. The number of nitrogens with one attached hydrogen (secondary N) is 1. The highest BCUT2D eigenvalue weighted by molar-refractivity contribution is 6.53. The number of aromatic nitrogens is 1. The van der Waals surface area contributed by atoms with Crippen LogP contribution in [0.15, 0.2) is 44.8 Å². The molecule has 0 spiro atoms. The second-order valence-corrected chi connectivity index (χ2v) is 7.47. The molecule has 1 N–H and O–H groups in total. The van der Waals surface area contributed by atoms with Crippen LogP contribution in [0.25, 0.3) is 5.57 Å². The maximum atomic E-state index is 12.8. The van der Waals surface area contributed by atoms with Gasteiger partial charge >= 0.3 is 0 Å². The number of rotatable bonds is 3. The third-order valence-corrected chi connectivity index (χ3v) is 6.00. The van der Waals surface area contributed by atoms with Crippen molar-refractivity contribution in [2.24, 2.45) is 10.2 Å². The highest BCUT2D eigenvalue weighted by Gasteiger charge is 2.39. The summed E-state index contributed by atoms with van der Waals surface area (Å²) in [5.41, 5.74) is 2.98. The Kier molecular flexibility index (Phi) is 3.63. The van der Waals surface area contributed by atoms with Gasteiger partial charge in [0.05, 0.1) is 11.9 Å². The lowest BCUT2D eigenvalue weighted by molar-refractivity contribution is -0.115. The fourth-order valence-electron chi connectivity index (χ4n) is 4.56. The molecule has 5 rings (SSSR count). The van der Waals surface area contributed by atoms with Crippen molar-refractivity contribution in [2.75, 3.05) is 7.05 Å². The highest BCUT2D eigenvalue weighted by atomic mass is 16.3. The molecular formula is C19H21N5O2. The van der Waals surface area contributed by atoms with E-state index in [9.17, 15) is 4.79 Å². The minimum Gasteiger partial charge on any atom is -0.445 e. The topological polar surface area (TPSA) is 83.1 Å². The lowest BCUT2D eigenvalue weighted by Crippen LogP contribution is -2.50. The van der Waals surface area contributed by atoms with Crippen molar-refractivity contribution < 1.29 is 9.21 Å². The number of hydrogen-bond acceptors (Lipinski definition) is 6. The molecule has 26 heavy (non-hydrogen) atoms. The van der Waals surface area contributed by atoms with Gasteiger partial charge in [-0.1, -0.05) is 12.2 Å². The Morgan fingerprint density at radius 1 is 1.23 bits per heavy atom. The predicted molar refractivity (Wildman–Crippen MR) is 97.8 cm³/mol. The molecule has 0 radical (unpaired) electrons. The van der Waals surface area contributed by atoms with E-state index in [1.807, 2.05) is 12.2 Å². The van der Waals surface area contributed by atoms with Crippen molar-refractivity contribution in [2.45, 2.75) is 50.2 Å². The summed E-state index contributed by atoms with van der Waals surface area (Å²) in [6.07, 6.45) is 12.1. The zero-order valence-electron chi connectivity index (χ0n) is 14.7. The minimum absolute atomic E-state index is 0.114. The van der Waals surface area contributed by atoms with E-state index in [0.29, 0.717) is 30.1 Å². The van der Waals surface area contributed by atoms with Gasteiger partial charge in [0.2, 0.25) is 5.89 Å². The Labute approximate surface area is 151 Å². The van der Waals surface area contributed by atoms with Gasteiger partial charge in [-0.25, -0.2) is 4.98 Å². The molecule has 1 amide bonds. The number of carbonyl (C=O) groups excluding carboxylic acids is 1. The maximum absolute atomic E-state index is 12.8. The van der Waals surface area contributed by atoms with E-state index in [4.69, 9.17) is 4.42 Å². The van der Waals surface area contributed by atoms with Crippen LogP contribution in [0.1, 0.15) is 38.0 Å². The normalized spacial score (nSPS) is 30.3. The van der Waals surface area contributed by atoms with Crippen molar-refractivity contribution in [1.29, 1.82) is 0 Å². The SMILES string of the molecule is CN1[C@@H]2CC[C@H]1C[C@H](NC(=O)C1=NN=C3CC(c4ncco4)=CC=C31)C2. The van der Waals surface area contributed by atoms with Crippen LogP contribution in [0.3, 0.4) is 0 Å². The first kappa shape index (κ1) is 15.7. The Balaban J connectivity index is 1.29. The number of fused-ring (bicyclic) bond motifs is 3. The molecule has 0 aromatic carbocycles. The highest BCUT2D eigenvalue weighted by Crippen LogP contribution is 2.34. The Hall–Kier alpha value is -2.54. The van der Waals surface area contributed by atoms with Crippen molar-refractivity contribution in [1.82, 2.24) is 15.2 Å². The van der Waals surface area contributed by atoms with Crippen LogP contribution in [0.4, 0.5) is 0 Å². The van der Waals surface area contributed by atoms with E-state index in [-0.39, 0.29) is 11.9 Å². The van der Waals surface area contributed by atoms with Gasteiger partial charge in [-0.2, -0.15) is 5.10 Å². The number of hydrogen-bond donors (Lipinski definition) is 1. The molecule has 4 heterocycles. The fraction of sp³-hybridized carbons (Fsp3) is 0.474. The Morgan fingerprint density at radius 2 is 2.04 bits per heavy atom. The third kappa shape index (κ3) is 2.54. The molecule has 7 nitrogen and oxygen atoms in total. The monoisotopic (exact) mass is 351 g/mol. The number of piperidine rings is 1. The second-order valence-electron chi connectivity index (χ2n) is 7.47. The molecule has 1 aromatic rings. The number of nitrogens with zero attached hydrogens (tertiary/aromatic N) is 4. The first-order valence-corrected chi connectivity index (χ1v) is 9.18. The lowest BCUT2D eigenvalue weighted by Gasteiger charge is -2.36. The molecule has 0 unspecified atom stereocenters. The van der Waals surface area contributed by atoms with Crippen molar-refractivity contribution in [3.05, 3.63) is 36.1 Å². The lowest BCUT2D eigenvalue weighted by atomic mass is 9.92. The van der Waals surface area contributed by atoms with Crippen LogP contribution in [0.2, 0.25) is 0 Å². The number of oxazole rings is 1. The minimum atomic E-state index is -0.114. The largest absolute Gasteiger partial charge is 0.445 e. The van der Waals surface area contributed by atoms with Gasteiger partial charge in [0.15, 0.2) is 5.71 Å². The van der Waals surface area contributed by atoms with Crippen LogP contribution in [-0.4, -0.2) is 52.4 Å². The molecule has 7 heteroatoms. The van der Waals surface area contributed by atoms with Crippen molar-refractivity contribution in [3.63, 3.8) is 0 Å². The van der Waals surface area contributed by atoms with Crippen molar-refractivity contribution in [3.8, 4) is 0 Å². The first-order valence-electron chi connectivity index (χ1n) is 9.18. The first-order chi connectivity index (χ1) is 12.7. The summed E-state index contributed by atoms with van der Waals surface area (Å²) in [6.45, 7) is 0. The standard InChI is InChI=1S/C19H21N5O2/c1-24-13-3-4-14(24)10-12(9-13)21-18(25)17-15-5-2-11(8-16(15)22-23-17)19-20-6-7-26-19/h2,5-7,12-14H,3-4,8-10H2,1H3,(H,21,25)/t12-,13-,14+. The van der Waals surface area contributed by atoms with Gasteiger partial charge in [0, 0.05) is 35.7 Å². The van der Waals surface area contributed by atoms with E-state index in [1.165, 1.54) is 12.8 Å². The van der Waals surface area contributed by atoms with E-state index in [1.54, 1.807) is 12.5 Å². The predicted octanol–water partition coefficient (Wildman–Crippen LogP) is 1.94. The maximum Gasteiger partial charge on any atom is 0.272 e. The zero-order valence-corrected chi connectivity index (χ0v) is 14.7. The average Bonchev–Trinajstić information content (AvgIpc) is 3.34. The van der Waals surface area contributed by atoms with Crippen LogP contribution >= 0.6 is 0 Å². The Bertz CT molecular complexity index is 851. The van der Waals surface area contributed by atoms with Gasteiger partial charge in [0.25, 0.3) is 5.91 Å². The molecule has 4 aliphatic rings. The zero-order chi connectivity index (χ0) is 17.7. The van der Waals surface area contributed by atoms with Gasteiger partial charge in [0.1, 0.15) is 6.26 Å². The Morgan fingerprint density at radius 3 is 2.77 bits per heavy atom. The van der Waals surface area contributed by atoms with E-state index in [0.717, 1.165) is 29.7 Å². The third-order valence-electron chi connectivity index (χ3n) is 6.00. The molecule has 2 fully saturated rings. The molecular weight excluding hydrogens is 330 g/mol. The molecule has 2 bridgehead atoms. The molecule has 3 aliphatic heterocycles. The fourth-order valence-corrected chi connectivity index (χ4v) is 4.56. The van der Waals surface area contributed by atoms with Gasteiger partial charge in [-0.05, 0) is 32.7 Å². The average molecular weight is 351 g/mol. The van der Waals surface area contributed by atoms with Crippen LogP contribution < -0.4 is 5.32 Å². The summed E-state index contributed by atoms with van der Waals surface area (Å²) in [7, 11) is 2.20. The summed E-state index contributed by atoms with van der Waals surface area (Å²) in [4.78, 5) is 19.4. The molecule has 0 saturated carbocycles. The summed E-state index contributed by atoms with van der Waals surface area (Å²) in [5.74, 6) is 0.472. The summed E-state index contributed by atoms with van der Waals surface area (Å²) in [6, 6.07) is 1.42. The van der Waals surface area contributed by atoms with E-state index in [2.05, 4.69) is 32.5 Å². The second kappa shape index (κ2) is 6.02. The van der Waals surface area contributed by atoms with Crippen LogP contribution in [0, 0.1) is 0 Å². The van der Waals surface area contributed by atoms with Crippen LogP contribution in [-0.2, 0) is 4.79 Å². The number of carbonyl (C=O) groups is 1. The molecule has 1 aliphatic carbocycles. The summed E-state index contributed by atoms with van der Waals surface area (Å²) in [5, 5.41) is 11.6. The van der Waals surface area contributed by atoms with Gasteiger partial charge in [-0.15, -0.1) is 5.10 Å². The van der Waals surface area contributed by atoms with Gasteiger partial charge < -0.3 is 14.6 Å². The van der Waals surface area contributed by atoms with Gasteiger partial charge in [-0.3, -0.25) is 4.79 Å². The molecule has 1 aromatic heterocycles. The van der Waals surface area contributed by atoms with E-state index >= 15 is 0 Å². The van der Waals surface area contributed by atoms with E-state index < -0.39 is 0 Å². The molecule has 134 valence electrons. The summed E-state index contributed by atoms with van der Waals surface area (Å²) >= 11 is 0. The smallest absolute Gasteiger partial charge is 0.272 e. The van der Waals surface area contributed by atoms with Crippen LogP contribution in [0.5, 0.6) is 0 Å². The van der Waals surface area contributed by atoms with Crippen molar-refractivity contribution >= 4 is 22.9 Å².